The summed E-state index contributed by atoms with van der Waals surface area (Å²) in [6.07, 6.45) is -2.45. The van der Waals surface area contributed by atoms with Crippen LogP contribution in [0.2, 0.25) is 0 Å². The van der Waals surface area contributed by atoms with Crippen LogP contribution < -0.4 is 16.4 Å². The highest BCUT2D eigenvalue weighted by Gasteiger charge is 2.31. The monoisotopic (exact) mass is 535 g/mol. The third kappa shape index (κ3) is 4.34. The smallest absolute Gasteiger partial charge is 0.416 e. The minimum atomic E-state index is -4.58. The highest BCUT2D eigenvalue weighted by atomic mass is 79.9. The highest BCUT2D eigenvalue weighted by Crippen LogP contribution is 2.38. The topological polar surface area (TPSA) is 148 Å². The first-order valence-corrected chi connectivity index (χ1v) is 10.1. The van der Waals surface area contributed by atoms with Gasteiger partial charge in [0.2, 0.25) is 0 Å². The van der Waals surface area contributed by atoms with E-state index >= 15 is 0 Å². The van der Waals surface area contributed by atoms with Gasteiger partial charge in [-0.25, -0.2) is 24.1 Å². The zero-order valence-electron chi connectivity index (χ0n) is 16.8. The molecule has 0 fully saturated rings. The summed E-state index contributed by atoms with van der Waals surface area (Å²) in [7, 11) is 0. The maximum Gasteiger partial charge on any atom is 0.416 e. The number of rotatable bonds is 4. The number of aromatic nitrogens is 4. The van der Waals surface area contributed by atoms with Gasteiger partial charge in [0.1, 0.15) is 27.8 Å². The number of carbonyl (C=O) groups excluding carboxylic acids is 1. The molecule has 34 heavy (non-hydrogen) atoms. The number of urea groups is 1. The van der Waals surface area contributed by atoms with E-state index in [1.807, 2.05) is 0 Å². The molecule has 0 aliphatic rings. The summed E-state index contributed by atoms with van der Waals surface area (Å²) >= 11 is 3.23. The number of nitrogens with two attached hydrogens (primary N) is 1. The number of benzene rings is 1. The van der Waals surface area contributed by atoms with Crippen LogP contribution in [-0.2, 0) is 6.18 Å². The number of pyridine rings is 1. The fourth-order valence-electron chi connectivity index (χ4n) is 3.23. The summed E-state index contributed by atoms with van der Waals surface area (Å²) in [5.74, 6) is -1.44. The number of nitrogen functional groups attached to an aromatic ring is 1. The summed E-state index contributed by atoms with van der Waals surface area (Å²) in [4.78, 5) is 31.7. The molecule has 3 heterocycles. The molecule has 4 rings (SSSR count). The number of hydrogen-bond donors (Lipinski definition) is 4. The molecule has 0 spiro atoms. The van der Waals surface area contributed by atoms with Crippen LogP contribution in [-0.4, -0.2) is 36.7 Å². The van der Waals surface area contributed by atoms with Crippen molar-refractivity contribution in [3.8, 4) is 11.1 Å². The van der Waals surface area contributed by atoms with Crippen molar-refractivity contribution in [2.75, 3.05) is 16.4 Å². The second-order valence-corrected chi connectivity index (χ2v) is 7.59. The standard InChI is InChI=1S/C20H13BrF3N7O3/c21-16-14(18(32)33)13(15-17(25)27-8-28-31(15)16)9-1-3-11(4-2-9)29-19(34)30-12-7-10(5-6-26-12)20(22,23)24/h1-8H,(H,32,33)(H2,25,27,28)(H2,26,29,30,34). The number of alkyl halides is 3. The average Bonchev–Trinajstić information content (AvgIpc) is 3.08. The van der Waals surface area contributed by atoms with Gasteiger partial charge in [-0.1, -0.05) is 12.1 Å². The Morgan fingerprint density at radius 3 is 2.44 bits per heavy atom. The van der Waals surface area contributed by atoms with Crippen molar-refractivity contribution in [2.45, 2.75) is 6.18 Å². The third-order valence-electron chi connectivity index (χ3n) is 4.67. The number of carbonyl (C=O) groups is 2. The van der Waals surface area contributed by atoms with E-state index in [0.717, 1.165) is 12.3 Å². The summed E-state index contributed by atoms with van der Waals surface area (Å²) in [5.41, 5.74) is 6.20. The lowest BCUT2D eigenvalue weighted by Gasteiger charge is -2.10. The normalized spacial score (nSPS) is 11.4. The van der Waals surface area contributed by atoms with E-state index in [9.17, 15) is 27.9 Å². The molecule has 0 saturated carbocycles. The number of amides is 2. The van der Waals surface area contributed by atoms with Crippen molar-refractivity contribution in [2.24, 2.45) is 0 Å². The largest absolute Gasteiger partial charge is 0.478 e. The van der Waals surface area contributed by atoms with Crippen LogP contribution in [0, 0.1) is 0 Å². The van der Waals surface area contributed by atoms with Crippen molar-refractivity contribution in [3.05, 3.63) is 64.7 Å². The van der Waals surface area contributed by atoms with E-state index in [1.54, 1.807) is 12.1 Å². The number of nitrogens with zero attached hydrogens (tertiary/aromatic N) is 4. The number of anilines is 3. The molecule has 4 aromatic rings. The fourth-order valence-corrected chi connectivity index (χ4v) is 3.86. The third-order valence-corrected chi connectivity index (χ3v) is 5.40. The lowest BCUT2D eigenvalue weighted by atomic mass is 10.0. The Labute approximate surface area is 196 Å². The summed E-state index contributed by atoms with van der Waals surface area (Å²) in [6, 6.07) is 6.72. The predicted octanol–water partition coefficient (Wildman–Crippen LogP) is 4.50. The molecule has 174 valence electrons. The van der Waals surface area contributed by atoms with Gasteiger partial charge < -0.3 is 16.2 Å². The summed E-state index contributed by atoms with van der Waals surface area (Å²) in [5, 5.41) is 18.4. The number of halogens is 4. The molecule has 0 radical (unpaired) electrons. The zero-order chi connectivity index (χ0) is 24.6. The van der Waals surface area contributed by atoms with Gasteiger partial charge in [0, 0.05) is 17.4 Å². The number of nitrogens with one attached hydrogen (secondary N) is 2. The van der Waals surface area contributed by atoms with Crippen LogP contribution in [0.5, 0.6) is 0 Å². The lowest BCUT2D eigenvalue weighted by Crippen LogP contribution is -2.20. The average molecular weight is 536 g/mol. The van der Waals surface area contributed by atoms with E-state index < -0.39 is 23.7 Å². The van der Waals surface area contributed by atoms with Crippen LogP contribution in [0.1, 0.15) is 15.9 Å². The molecule has 0 bridgehead atoms. The van der Waals surface area contributed by atoms with Crippen LogP contribution in [0.25, 0.3) is 16.6 Å². The van der Waals surface area contributed by atoms with Crippen molar-refractivity contribution in [1.82, 2.24) is 19.6 Å². The molecule has 0 unspecified atom stereocenters. The van der Waals surface area contributed by atoms with E-state index in [4.69, 9.17) is 5.73 Å². The first kappa shape index (κ1) is 23.0. The number of carboxylic acid groups (broad SMARTS) is 1. The van der Waals surface area contributed by atoms with Crippen molar-refractivity contribution in [1.29, 1.82) is 0 Å². The number of hydrogen-bond acceptors (Lipinski definition) is 6. The van der Waals surface area contributed by atoms with Gasteiger partial charge in [0.25, 0.3) is 0 Å². The Hall–Kier alpha value is -4.20. The van der Waals surface area contributed by atoms with Crippen molar-refractivity contribution >= 4 is 50.8 Å². The van der Waals surface area contributed by atoms with Gasteiger partial charge in [-0.3, -0.25) is 5.32 Å². The molecule has 0 aliphatic carbocycles. The minimum Gasteiger partial charge on any atom is -0.478 e. The van der Waals surface area contributed by atoms with E-state index in [0.29, 0.717) is 11.6 Å². The van der Waals surface area contributed by atoms with Gasteiger partial charge >= 0.3 is 18.2 Å². The fraction of sp³-hybridized carbons (Fsp3) is 0.0500. The van der Waals surface area contributed by atoms with E-state index in [-0.39, 0.29) is 38.6 Å². The van der Waals surface area contributed by atoms with Gasteiger partial charge in [-0.05, 0) is 45.8 Å². The summed E-state index contributed by atoms with van der Waals surface area (Å²) in [6.45, 7) is 0. The number of carboxylic acids is 1. The molecule has 0 aliphatic heterocycles. The summed E-state index contributed by atoms with van der Waals surface area (Å²) < 4.78 is 39.9. The molecule has 5 N–H and O–H groups in total. The van der Waals surface area contributed by atoms with Crippen molar-refractivity contribution < 1.29 is 27.9 Å². The first-order valence-electron chi connectivity index (χ1n) is 9.32. The number of fused-ring (bicyclic) bond motifs is 1. The SMILES string of the molecule is Nc1ncnn2c(Br)c(C(=O)O)c(-c3ccc(NC(=O)Nc4cc(C(F)(F)F)ccn4)cc3)c12. The Balaban J connectivity index is 1.59. The Kier molecular flexibility index (Phi) is 5.83. The lowest BCUT2D eigenvalue weighted by molar-refractivity contribution is -0.137. The van der Waals surface area contributed by atoms with Crippen LogP contribution in [0.15, 0.2) is 53.5 Å². The molecule has 0 saturated heterocycles. The van der Waals surface area contributed by atoms with Crippen LogP contribution >= 0.6 is 15.9 Å². The molecule has 1 aromatic carbocycles. The minimum absolute atomic E-state index is 0.0633. The molecular weight excluding hydrogens is 523 g/mol. The Morgan fingerprint density at radius 2 is 1.79 bits per heavy atom. The number of aromatic carboxylic acids is 1. The molecule has 3 aromatic heterocycles. The van der Waals surface area contributed by atoms with E-state index in [2.05, 4.69) is 41.6 Å². The van der Waals surface area contributed by atoms with Crippen molar-refractivity contribution in [3.63, 3.8) is 0 Å². The molecular formula is C20H13BrF3N7O3. The Bertz CT molecular complexity index is 1420. The maximum absolute atomic E-state index is 12.8. The van der Waals surface area contributed by atoms with Crippen LogP contribution in [0.4, 0.5) is 35.3 Å². The van der Waals surface area contributed by atoms with Gasteiger partial charge in [-0.2, -0.15) is 18.3 Å². The van der Waals surface area contributed by atoms with Gasteiger partial charge in [0.15, 0.2) is 5.82 Å². The molecule has 14 heteroatoms. The quantitative estimate of drug-likeness (QED) is 0.300. The second kappa shape index (κ2) is 8.62. The maximum atomic E-state index is 12.8. The second-order valence-electron chi connectivity index (χ2n) is 6.84. The molecule has 10 nitrogen and oxygen atoms in total. The zero-order valence-corrected chi connectivity index (χ0v) is 18.3. The molecule has 2 amide bonds. The van der Waals surface area contributed by atoms with Gasteiger partial charge in [-0.15, -0.1) is 0 Å². The molecule has 0 atom stereocenters. The van der Waals surface area contributed by atoms with E-state index in [1.165, 1.54) is 23.0 Å². The van der Waals surface area contributed by atoms with Crippen LogP contribution in [0.3, 0.4) is 0 Å². The highest BCUT2D eigenvalue weighted by molar-refractivity contribution is 9.10. The first-order chi connectivity index (χ1) is 16.1. The van der Waals surface area contributed by atoms with Gasteiger partial charge in [0.05, 0.1) is 5.56 Å². The Morgan fingerprint density at radius 1 is 1.09 bits per heavy atom. The predicted molar refractivity (Wildman–Crippen MR) is 119 cm³/mol.